The lowest BCUT2D eigenvalue weighted by Crippen LogP contribution is -2.28. The monoisotopic (exact) mass is 654 g/mol. The lowest BCUT2D eigenvalue weighted by atomic mass is 9.98. The molecule has 0 fully saturated rings. The first-order chi connectivity index (χ1) is 25.2. The van der Waals surface area contributed by atoms with Crippen molar-refractivity contribution in [3.05, 3.63) is 186 Å². The van der Waals surface area contributed by atoms with Crippen LogP contribution >= 0.6 is 0 Å². The summed E-state index contributed by atoms with van der Waals surface area (Å²) in [4.78, 5) is 0. The Balaban J connectivity index is 1.35. The SMILES string of the molecule is C=C/C=c1\c(=C/C)c2cc3c4c(n(-c5ccc(-c6ccccc6)cc5)c3cc2n1-c1cc(-c2ccccc2)cc(-c2ccccc2)c1)C=CCC4. The summed E-state index contributed by atoms with van der Waals surface area (Å²) >= 11 is 0. The van der Waals surface area contributed by atoms with Gasteiger partial charge < -0.3 is 9.13 Å². The maximum absolute atomic E-state index is 4.16. The molecule has 1 aliphatic carbocycles. The van der Waals surface area contributed by atoms with Crippen molar-refractivity contribution < 1.29 is 0 Å². The van der Waals surface area contributed by atoms with Crippen LogP contribution in [0, 0.1) is 0 Å². The van der Waals surface area contributed by atoms with E-state index in [-0.39, 0.29) is 0 Å². The largest absolute Gasteiger partial charge is 0.310 e. The van der Waals surface area contributed by atoms with Crippen LogP contribution in [0.4, 0.5) is 0 Å². The quantitative estimate of drug-likeness (QED) is 0.169. The minimum Gasteiger partial charge on any atom is -0.310 e. The zero-order valence-electron chi connectivity index (χ0n) is 28.8. The van der Waals surface area contributed by atoms with E-state index in [2.05, 4.69) is 193 Å². The van der Waals surface area contributed by atoms with Gasteiger partial charge in [0.1, 0.15) is 0 Å². The molecule has 0 atom stereocenters. The lowest BCUT2D eigenvalue weighted by Gasteiger charge is -2.14. The highest BCUT2D eigenvalue weighted by atomic mass is 15.0. The molecule has 8 aromatic rings. The number of fused-ring (bicyclic) bond motifs is 4. The number of hydrogen-bond acceptors (Lipinski definition) is 0. The Hall–Kier alpha value is -6.38. The molecule has 0 saturated carbocycles. The normalized spacial score (nSPS) is 13.3. The Labute approximate surface area is 298 Å². The number of nitrogens with zero attached hydrogens (tertiary/aromatic N) is 2. The molecule has 0 spiro atoms. The van der Waals surface area contributed by atoms with E-state index in [0.29, 0.717) is 0 Å². The van der Waals surface area contributed by atoms with Gasteiger partial charge in [-0.2, -0.15) is 0 Å². The van der Waals surface area contributed by atoms with Gasteiger partial charge in [0.05, 0.1) is 16.4 Å². The van der Waals surface area contributed by atoms with Crippen LogP contribution in [-0.2, 0) is 6.42 Å². The topological polar surface area (TPSA) is 9.86 Å². The second kappa shape index (κ2) is 12.8. The van der Waals surface area contributed by atoms with Crippen LogP contribution in [0.1, 0.15) is 24.6 Å². The fourth-order valence-corrected chi connectivity index (χ4v) is 7.96. The fraction of sp³-hybridized carbons (Fsp3) is 0.0612. The first-order valence-electron chi connectivity index (χ1n) is 17.8. The summed E-state index contributed by atoms with van der Waals surface area (Å²) in [6.45, 7) is 6.31. The molecule has 1 aliphatic rings. The van der Waals surface area contributed by atoms with E-state index in [0.717, 1.165) is 23.9 Å². The summed E-state index contributed by atoms with van der Waals surface area (Å²) in [6.07, 6.45) is 13.0. The molecule has 0 unspecified atom stereocenters. The molecular formula is C49H38N2. The zero-order chi connectivity index (χ0) is 34.3. The van der Waals surface area contributed by atoms with Gasteiger partial charge in [0, 0.05) is 33.1 Å². The molecule has 244 valence electrons. The minimum absolute atomic E-state index is 1.03. The molecule has 0 N–H and O–H groups in total. The Morgan fingerprint density at radius 1 is 0.549 bits per heavy atom. The smallest absolute Gasteiger partial charge is 0.0562 e. The first kappa shape index (κ1) is 30.7. The Morgan fingerprint density at radius 3 is 1.71 bits per heavy atom. The average molecular weight is 655 g/mol. The van der Waals surface area contributed by atoms with E-state index in [1.165, 1.54) is 77.3 Å². The van der Waals surface area contributed by atoms with Gasteiger partial charge in [-0.3, -0.25) is 0 Å². The van der Waals surface area contributed by atoms with Gasteiger partial charge >= 0.3 is 0 Å². The van der Waals surface area contributed by atoms with Crippen LogP contribution in [0.5, 0.6) is 0 Å². The van der Waals surface area contributed by atoms with Crippen molar-refractivity contribution >= 4 is 40.0 Å². The third-order valence-corrected chi connectivity index (χ3v) is 10.3. The van der Waals surface area contributed by atoms with Gasteiger partial charge in [0.15, 0.2) is 0 Å². The predicted octanol–water partition coefficient (Wildman–Crippen LogP) is 11.3. The number of aryl methyl sites for hydroxylation is 1. The van der Waals surface area contributed by atoms with Crippen molar-refractivity contribution in [2.75, 3.05) is 0 Å². The van der Waals surface area contributed by atoms with E-state index in [9.17, 15) is 0 Å². The molecule has 0 aliphatic heterocycles. The second-order valence-corrected chi connectivity index (χ2v) is 13.3. The number of rotatable bonds is 6. The van der Waals surface area contributed by atoms with Crippen molar-refractivity contribution in [2.24, 2.45) is 0 Å². The molecule has 0 saturated heterocycles. The molecule has 0 amide bonds. The molecule has 2 aromatic heterocycles. The number of aromatic nitrogens is 2. The Kier molecular flexibility index (Phi) is 7.71. The predicted molar refractivity (Wildman–Crippen MR) is 218 cm³/mol. The standard InChI is InChI=1S/C49H38N2/c1-3-16-46-42(4-2)44-32-45-43-23-14-15-24-47(43)50(40-27-25-37(26-28-40)34-17-8-5-9-18-34)49(45)33-48(44)51(46)41-30-38(35-19-10-6-11-20-35)29-39(31-41)36-21-12-7-13-22-36/h3-13,15-22,24-33H,1,14,23H2,2H3/b42-4-,46-16+. The van der Waals surface area contributed by atoms with Gasteiger partial charge in [0.25, 0.3) is 0 Å². The van der Waals surface area contributed by atoms with Crippen molar-refractivity contribution in [2.45, 2.75) is 19.8 Å². The van der Waals surface area contributed by atoms with Crippen LogP contribution in [-0.4, -0.2) is 9.13 Å². The van der Waals surface area contributed by atoms with E-state index in [1.807, 2.05) is 6.08 Å². The summed E-state index contributed by atoms with van der Waals surface area (Å²) in [7, 11) is 0. The van der Waals surface area contributed by atoms with Gasteiger partial charge in [-0.05, 0) is 113 Å². The first-order valence-corrected chi connectivity index (χ1v) is 17.8. The summed E-state index contributed by atoms with van der Waals surface area (Å²) < 4.78 is 4.91. The average Bonchev–Trinajstić information content (AvgIpc) is 3.69. The molecule has 51 heavy (non-hydrogen) atoms. The van der Waals surface area contributed by atoms with Crippen LogP contribution in [0.15, 0.2) is 164 Å². The maximum atomic E-state index is 4.16. The van der Waals surface area contributed by atoms with Gasteiger partial charge in [-0.15, -0.1) is 0 Å². The second-order valence-electron chi connectivity index (χ2n) is 13.3. The van der Waals surface area contributed by atoms with Crippen LogP contribution in [0.3, 0.4) is 0 Å². The van der Waals surface area contributed by atoms with Crippen LogP contribution in [0.25, 0.3) is 84.8 Å². The summed E-state index contributed by atoms with van der Waals surface area (Å²) in [5, 5.41) is 4.92. The van der Waals surface area contributed by atoms with Gasteiger partial charge in [-0.25, -0.2) is 0 Å². The number of allylic oxidation sites excluding steroid dienone is 2. The van der Waals surface area contributed by atoms with Crippen molar-refractivity contribution in [3.8, 4) is 44.8 Å². The van der Waals surface area contributed by atoms with Gasteiger partial charge in [0.2, 0.25) is 0 Å². The molecule has 9 rings (SSSR count). The number of hydrogen-bond donors (Lipinski definition) is 0. The fourth-order valence-electron chi connectivity index (χ4n) is 7.96. The maximum Gasteiger partial charge on any atom is 0.0562 e. The van der Waals surface area contributed by atoms with Crippen molar-refractivity contribution in [1.29, 1.82) is 0 Å². The zero-order valence-corrected chi connectivity index (χ0v) is 28.8. The Bertz CT molecular complexity index is 2670. The summed E-state index contributed by atoms with van der Waals surface area (Å²) in [5.74, 6) is 0. The summed E-state index contributed by atoms with van der Waals surface area (Å²) in [6, 6.07) is 52.9. The van der Waals surface area contributed by atoms with E-state index < -0.39 is 0 Å². The highest BCUT2D eigenvalue weighted by Crippen LogP contribution is 2.37. The molecule has 6 aromatic carbocycles. The Morgan fingerprint density at radius 2 is 1.12 bits per heavy atom. The highest BCUT2D eigenvalue weighted by Gasteiger charge is 2.22. The molecule has 0 radical (unpaired) electrons. The van der Waals surface area contributed by atoms with Crippen LogP contribution < -0.4 is 10.6 Å². The van der Waals surface area contributed by atoms with E-state index in [4.69, 9.17) is 0 Å². The number of benzene rings is 6. The van der Waals surface area contributed by atoms with Crippen molar-refractivity contribution in [1.82, 2.24) is 9.13 Å². The molecule has 2 heterocycles. The van der Waals surface area contributed by atoms with E-state index in [1.54, 1.807) is 0 Å². The molecule has 0 bridgehead atoms. The molecule has 2 nitrogen and oxygen atoms in total. The van der Waals surface area contributed by atoms with Crippen molar-refractivity contribution in [3.63, 3.8) is 0 Å². The third kappa shape index (κ3) is 5.28. The van der Waals surface area contributed by atoms with E-state index >= 15 is 0 Å². The molecule has 2 heteroatoms. The third-order valence-electron chi connectivity index (χ3n) is 10.3. The van der Waals surface area contributed by atoms with Gasteiger partial charge in [-0.1, -0.05) is 128 Å². The minimum atomic E-state index is 1.03. The summed E-state index contributed by atoms with van der Waals surface area (Å²) in [5.41, 5.74) is 14.6. The highest BCUT2D eigenvalue weighted by molar-refractivity contribution is 6.02. The van der Waals surface area contributed by atoms with Crippen LogP contribution in [0.2, 0.25) is 0 Å². The lowest BCUT2D eigenvalue weighted by molar-refractivity contribution is 0.967. The molecular weight excluding hydrogens is 617 g/mol.